The number of aliphatic imine (C=N–C) groups is 1. The highest BCUT2D eigenvalue weighted by molar-refractivity contribution is 5.80. The number of piperidine rings is 1. The fourth-order valence-corrected chi connectivity index (χ4v) is 3.54. The maximum absolute atomic E-state index is 11.2. The van der Waals surface area contributed by atoms with Gasteiger partial charge in [-0.25, -0.2) is 0 Å². The molecule has 144 valence electrons. The largest absolute Gasteiger partial charge is 0.497 e. The SMILES string of the molecule is CN=C(NCCC(C)c1ccc(OC)cc1)N1CCCC(CC(N)=O)C1. The van der Waals surface area contributed by atoms with E-state index in [1.165, 1.54) is 5.56 Å². The summed E-state index contributed by atoms with van der Waals surface area (Å²) in [6.07, 6.45) is 3.61. The number of nitrogens with zero attached hydrogens (tertiary/aromatic N) is 2. The highest BCUT2D eigenvalue weighted by atomic mass is 16.5. The number of nitrogens with two attached hydrogens (primary N) is 1. The van der Waals surface area contributed by atoms with E-state index in [0.29, 0.717) is 18.3 Å². The van der Waals surface area contributed by atoms with Crippen molar-refractivity contribution in [2.24, 2.45) is 16.6 Å². The fraction of sp³-hybridized carbons (Fsp3) is 0.600. The van der Waals surface area contributed by atoms with E-state index in [-0.39, 0.29) is 5.91 Å². The average Bonchev–Trinajstić information content (AvgIpc) is 2.65. The van der Waals surface area contributed by atoms with Crippen LogP contribution in [-0.2, 0) is 4.79 Å². The molecule has 0 saturated carbocycles. The Balaban J connectivity index is 1.81. The maximum Gasteiger partial charge on any atom is 0.217 e. The van der Waals surface area contributed by atoms with E-state index in [1.54, 1.807) is 7.11 Å². The molecule has 0 radical (unpaired) electrons. The molecule has 2 rings (SSSR count). The summed E-state index contributed by atoms with van der Waals surface area (Å²) in [7, 11) is 3.50. The van der Waals surface area contributed by atoms with Crippen LogP contribution in [0.5, 0.6) is 5.75 Å². The first-order chi connectivity index (χ1) is 12.5. The second-order valence-corrected chi connectivity index (χ2v) is 7.06. The normalized spacial score (nSPS) is 19.1. The van der Waals surface area contributed by atoms with Crippen LogP contribution < -0.4 is 15.8 Å². The predicted molar refractivity (Wildman–Crippen MR) is 105 cm³/mol. The van der Waals surface area contributed by atoms with Gasteiger partial charge in [0.1, 0.15) is 5.75 Å². The minimum Gasteiger partial charge on any atom is -0.497 e. The third kappa shape index (κ3) is 5.93. The van der Waals surface area contributed by atoms with Gasteiger partial charge < -0.3 is 20.7 Å². The summed E-state index contributed by atoms with van der Waals surface area (Å²) in [5.41, 5.74) is 6.66. The molecule has 6 nitrogen and oxygen atoms in total. The summed E-state index contributed by atoms with van der Waals surface area (Å²) in [5, 5.41) is 3.47. The molecule has 0 aliphatic carbocycles. The quantitative estimate of drug-likeness (QED) is 0.578. The Hall–Kier alpha value is -2.24. The van der Waals surface area contributed by atoms with Gasteiger partial charge in [-0.15, -0.1) is 0 Å². The molecule has 1 fully saturated rings. The summed E-state index contributed by atoms with van der Waals surface area (Å²) >= 11 is 0. The molecule has 3 N–H and O–H groups in total. The smallest absolute Gasteiger partial charge is 0.217 e. The molecule has 1 aromatic carbocycles. The minimum atomic E-state index is -0.215. The zero-order chi connectivity index (χ0) is 18.9. The Labute approximate surface area is 156 Å². The molecule has 1 heterocycles. The van der Waals surface area contributed by atoms with Crippen molar-refractivity contribution in [3.63, 3.8) is 0 Å². The summed E-state index contributed by atoms with van der Waals surface area (Å²) in [6.45, 7) is 4.91. The topological polar surface area (TPSA) is 80.0 Å². The van der Waals surface area contributed by atoms with Gasteiger partial charge in [0.2, 0.25) is 5.91 Å². The standard InChI is InChI=1S/C20H32N4O2/c1-15(17-6-8-18(26-3)9-7-17)10-11-23-20(22-2)24-12-4-5-16(14-24)13-19(21)25/h6-9,15-16H,4-5,10-14H2,1-3H3,(H2,21,25)(H,22,23). The number of hydrogen-bond acceptors (Lipinski definition) is 3. The van der Waals surface area contributed by atoms with Crippen LogP contribution >= 0.6 is 0 Å². The van der Waals surface area contributed by atoms with E-state index in [0.717, 1.165) is 50.6 Å². The summed E-state index contributed by atoms with van der Waals surface area (Å²) < 4.78 is 5.21. The molecule has 0 bridgehead atoms. The fourth-order valence-electron chi connectivity index (χ4n) is 3.54. The van der Waals surface area contributed by atoms with Gasteiger partial charge in [0.05, 0.1) is 7.11 Å². The Morgan fingerprint density at radius 1 is 1.42 bits per heavy atom. The molecule has 6 heteroatoms. The van der Waals surface area contributed by atoms with Gasteiger partial charge in [-0.3, -0.25) is 9.79 Å². The number of hydrogen-bond donors (Lipinski definition) is 2. The third-order valence-electron chi connectivity index (χ3n) is 5.07. The first-order valence-corrected chi connectivity index (χ1v) is 9.41. The van der Waals surface area contributed by atoms with Gasteiger partial charge >= 0.3 is 0 Å². The molecule has 1 aliphatic rings. The lowest BCUT2D eigenvalue weighted by Crippen LogP contribution is -2.47. The highest BCUT2D eigenvalue weighted by Gasteiger charge is 2.23. The van der Waals surface area contributed by atoms with Crippen LogP contribution in [0.15, 0.2) is 29.3 Å². The number of amides is 1. The van der Waals surface area contributed by atoms with E-state index >= 15 is 0 Å². The molecule has 0 spiro atoms. The number of primary amides is 1. The molecular weight excluding hydrogens is 328 g/mol. The van der Waals surface area contributed by atoms with E-state index in [2.05, 4.69) is 34.3 Å². The zero-order valence-electron chi connectivity index (χ0n) is 16.2. The number of carbonyl (C=O) groups excluding carboxylic acids is 1. The lowest BCUT2D eigenvalue weighted by atomic mass is 9.95. The van der Waals surface area contributed by atoms with Crippen LogP contribution in [0.4, 0.5) is 0 Å². The third-order valence-corrected chi connectivity index (χ3v) is 5.07. The van der Waals surface area contributed by atoms with Gasteiger partial charge in [0, 0.05) is 33.1 Å². The van der Waals surface area contributed by atoms with Gasteiger partial charge in [-0.2, -0.15) is 0 Å². The van der Waals surface area contributed by atoms with Crippen molar-refractivity contribution >= 4 is 11.9 Å². The zero-order valence-corrected chi connectivity index (χ0v) is 16.2. The molecule has 2 atom stereocenters. The van der Waals surface area contributed by atoms with Crippen molar-refractivity contribution in [3.8, 4) is 5.75 Å². The Morgan fingerprint density at radius 3 is 2.77 bits per heavy atom. The molecule has 1 aromatic rings. The molecule has 1 aliphatic heterocycles. The van der Waals surface area contributed by atoms with Gasteiger partial charge in [-0.05, 0) is 48.8 Å². The predicted octanol–water partition coefficient (Wildman–Crippen LogP) is 2.35. The van der Waals surface area contributed by atoms with Gasteiger partial charge in [0.25, 0.3) is 0 Å². The van der Waals surface area contributed by atoms with Crippen molar-refractivity contribution in [1.29, 1.82) is 0 Å². The van der Waals surface area contributed by atoms with Crippen LogP contribution in [0.3, 0.4) is 0 Å². The minimum absolute atomic E-state index is 0.215. The van der Waals surface area contributed by atoms with Crippen LogP contribution in [-0.4, -0.2) is 50.6 Å². The molecule has 26 heavy (non-hydrogen) atoms. The monoisotopic (exact) mass is 360 g/mol. The van der Waals surface area contributed by atoms with E-state index in [4.69, 9.17) is 10.5 Å². The molecular formula is C20H32N4O2. The van der Waals surface area contributed by atoms with Crippen molar-refractivity contribution in [1.82, 2.24) is 10.2 Å². The lowest BCUT2D eigenvalue weighted by molar-refractivity contribution is -0.119. The average molecular weight is 361 g/mol. The van der Waals surface area contributed by atoms with Crippen molar-refractivity contribution in [2.75, 3.05) is 33.8 Å². The molecule has 2 unspecified atom stereocenters. The number of nitrogens with one attached hydrogen (secondary N) is 1. The first-order valence-electron chi connectivity index (χ1n) is 9.41. The second kappa shape index (κ2) is 10.0. The molecule has 1 amide bonds. The number of ether oxygens (including phenoxy) is 1. The van der Waals surface area contributed by atoms with Crippen molar-refractivity contribution < 1.29 is 9.53 Å². The number of guanidine groups is 1. The van der Waals surface area contributed by atoms with E-state index < -0.39 is 0 Å². The molecule has 0 aromatic heterocycles. The maximum atomic E-state index is 11.2. The van der Waals surface area contributed by atoms with Crippen LogP contribution in [0, 0.1) is 5.92 Å². The first kappa shape index (κ1) is 20.1. The van der Waals surface area contributed by atoms with Crippen molar-refractivity contribution in [2.45, 2.75) is 38.5 Å². The van der Waals surface area contributed by atoms with Crippen molar-refractivity contribution in [3.05, 3.63) is 29.8 Å². The highest BCUT2D eigenvalue weighted by Crippen LogP contribution is 2.22. The van der Waals surface area contributed by atoms with E-state index in [9.17, 15) is 4.79 Å². The molecule has 1 saturated heterocycles. The Bertz CT molecular complexity index is 600. The lowest BCUT2D eigenvalue weighted by Gasteiger charge is -2.34. The van der Waals surface area contributed by atoms with Gasteiger partial charge in [-0.1, -0.05) is 19.1 Å². The van der Waals surface area contributed by atoms with Crippen LogP contribution in [0.1, 0.15) is 44.1 Å². The van der Waals surface area contributed by atoms with Crippen LogP contribution in [0.2, 0.25) is 0 Å². The number of carbonyl (C=O) groups is 1. The number of benzene rings is 1. The Kier molecular flexibility index (Phi) is 7.75. The van der Waals surface area contributed by atoms with Gasteiger partial charge in [0.15, 0.2) is 5.96 Å². The second-order valence-electron chi connectivity index (χ2n) is 7.06. The van der Waals surface area contributed by atoms with Crippen LogP contribution in [0.25, 0.3) is 0 Å². The number of rotatable bonds is 7. The number of likely N-dealkylation sites (tertiary alicyclic amines) is 1. The summed E-state index contributed by atoms with van der Waals surface area (Å²) in [6, 6.07) is 8.25. The number of methoxy groups -OCH3 is 1. The summed E-state index contributed by atoms with van der Waals surface area (Å²) in [5.74, 6) is 2.37. The Morgan fingerprint density at radius 2 is 2.15 bits per heavy atom. The van der Waals surface area contributed by atoms with E-state index in [1.807, 2.05) is 19.2 Å². The summed E-state index contributed by atoms with van der Waals surface area (Å²) in [4.78, 5) is 17.8.